The fraction of sp³-hybridized carbons (Fsp3) is 0.911. The van der Waals surface area contributed by atoms with Gasteiger partial charge in [0.2, 0.25) is 0 Å². The third-order valence-corrected chi connectivity index (χ3v) is 14.0. The first kappa shape index (κ1) is 41.1. The van der Waals surface area contributed by atoms with Gasteiger partial charge < -0.3 is 19.1 Å². The highest BCUT2D eigenvalue weighted by molar-refractivity contribution is 5.25. The van der Waals surface area contributed by atoms with E-state index >= 15 is 0 Å². The number of fused-ring (bicyclic) bond motifs is 5. The minimum absolute atomic E-state index is 0.313. The van der Waals surface area contributed by atoms with Crippen LogP contribution in [-0.4, -0.2) is 64.2 Å². The van der Waals surface area contributed by atoms with Crippen molar-refractivity contribution in [2.75, 3.05) is 47.1 Å². The molecule has 4 rings (SSSR count). The van der Waals surface area contributed by atoms with E-state index in [2.05, 4.69) is 71.8 Å². The predicted molar refractivity (Wildman–Crippen MR) is 209 cm³/mol. The Kier molecular flexibility index (Phi) is 17.7. The van der Waals surface area contributed by atoms with Crippen LogP contribution < -0.4 is 0 Å². The summed E-state index contributed by atoms with van der Waals surface area (Å²) in [6.07, 6.45) is 34.2. The van der Waals surface area contributed by atoms with E-state index in [1.807, 2.05) is 0 Å². The number of rotatable bonds is 24. The highest BCUT2D eigenvalue weighted by atomic mass is 16.5. The highest BCUT2D eigenvalue weighted by Crippen LogP contribution is 2.66. The topological polar surface area (TPSA) is 30.9 Å². The molecule has 0 aliphatic heterocycles. The van der Waals surface area contributed by atoms with Crippen molar-refractivity contribution in [1.82, 2.24) is 4.90 Å². The van der Waals surface area contributed by atoms with E-state index in [0.29, 0.717) is 23.0 Å². The summed E-state index contributed by atoms with van der Waals surface area (Å²) in [5.41, 5.74) is 2.79. The van der Waals surface area contributed by atoms with Crippen LogP contribution in [0.4, 0.5) is 0 Å². The predicted octanol–water partition coefficient (Wildman–Crippen LogP) is 11.8. The Labute approximate surface area is 304 Å². The molecule has 3 saturated carbocycles. The maximum atomic E-state index is 6.53. The van der Waals surface area contributed by atoms with E-state index in [9.17, 15) is 0 Å². The summed E-state index contributed by atoms with van der Waals surface area (Å²) >= 11 is 0. The van der Waals surface area contributed by atoms with Crippen molar-refractivity contribution >= 4 is 0 Å². The van der Waals surface area contributed by atoms with Gasteiger partial charge >= 0.3 is 0 Å². The molecule has 8 unspecified atom stereocenters. The third-order valence-electron chi connectivity index (χ3n) is 14.0. The van der Waals surface area contributed by atoms with Crippen molar-refractivity contribution in [2.24, 2.45) is 40.4 Å². The molecule has 0 bridgehead atoms. The Morgan fingerprint density at radius 2 is 1.55 bits per heavy atom. The van der Waals surface area contributed by atoms with Crippen molar-refractivity contribution in [3.63, 3.8) is 0 Å². The van der Waals surface area contributed by atoms with Gasteiger partial charge in [-0.1, -0.05) is 90.5 Å². The van der Waals surface area contributed by atoms with Gasteiger partial charge in [-0.15, -0.1) is 0 Å². The molecule has 4 aliphatic carbocycles. The molecule has 0 aromatic carbocycles. The van der Waals surface area contributed by atoms with Gasteiger partial charge in [0.05, 0.1) is 25.4 Å². The number of unbranched alkanes of at least 4 members (excludes halogenated alkanes) is 6. The molecular weight excluding hydrogens is 602 g/mol. The monoisotopic (exact) mass is 684 g/mol. The first-order valence-corrected chi connectivity index (χ1v) is 21.5. The van der Waals surface area contributed by atoms with Crippen LogP contribution in [0, 0.1) is 40.4 Å². The van der Waals surface area contributed by atoms with E-state index in [1.165, 1.54) is 103 Å². The summed E-state index contributed by atoms with van der Waals surface area (Å²) in [5, 5.41) is 0. The Hall–Kier alpha value is -0.680. The van der Waals surface area contributed by atoms with Crippen molar-refractivity contribution in [2.45, 2.75) is 175 Å². The molecule has 3 fully saturated rings. The van der Waals surface area contributed by atoms with E-state index in [1.54, 1.807) is 5.57 Å². The van der Waals surface area contributed by atoms with Gasteiger partial charge in [-0.2, -0.15) is 0 Å². The summed E-state index contributed by atoms with van der Waals surface area (Å²) in [7, 11) is 4.26. The normalized spacial score (nSPS) is 32.0. The molecule has 49 heavy (non-hydrogen) atoms. The first-order chi connectivity index (χ1) is 23.7. The molecule has 4 nitrogen and oxygen atoms in total. The molecule has 0 spiro atoms. The zero-order valence-electron chi connectivity index (χ0n) is 33.6. The lowest BCUT2D eigenvalue weighted by atomic mass is 9.47. The zero-order chi connectivity index (χ0) is 35.1. The number of likely N-dealkylation sites (N-methyl/N-ethyl adjacent to an activating group) is 1. The van der Waals surface area contributed by atoms with Crippen LogP contribution in [-0.2, 0) is 14.2 Å². The van der Waals surface area contributed by atoms with Gasteiger partial charge in [-0.25, -0.2) is 0 Å². The minimum atomic E-state index is 0.313. The van der Waals surface area contributed by atoms with Crippen LogP contribution >= 0.6 is 0 Å². The summed E-state index contributed by atoms with van der Waals surface area (Å²) in [6.45, 7) is 16.4. The molecule has 284 valence electrons. The summed E-state index contributed by atoms with van der Waals surface area (Å²) in [5.74, 6) is 4.63. The average molecular weight is 684 g/mol. The van der Waals surface area contributed by atoms with Gasteiger partial charge in [0.1, 0.15) is 0 Å². The molecule has 0 saturated heterocycles. The Balaban J connectivity index is 1.09. The smallest absolute Gasteiger partial charge is 0.0644 e. The molecule has 0 heterocycles. The van der Waals surface area contributed by atoms with Crippen LogP contribution in [0.15, 0.2) is 23.8 Å². The second kappa shape index (κ2) is 21.1. The number of ether oxygens (including phenoxy) is 3. The molecule has 0 aromatic rings. The van der Waals surface area contributed by atoms with Gasteiger partial charge in [0, 0.05) is 19.8 Å². The zero-order valence-corrected chi connectivity index (χ0v) is 33.6. The Morgan fingerprint density at radius 3 is 2.29 bits per heavy atom. The van der Waals surface area contributed by atoms with Gasteiger partial charge in [0.25, 0.3) is 0 Å². The fourth-order valence-corrected chi connectivity index (χ4v) is 10.7. The minimum Gasteiger partial charge on any atom is -0.380 e. The summed E-state index contributed by atoms with van der Waals surface area (Å²) in [6, 6.07) is 0.313. The molecule has 4 aliphatic rings. The Bertz CT molecular complexity index is 974. The maximum Gasteiger partial charge on any atom is 0.0644 e. The van der Waals surface area contributed by atoms with Crippen LogP contribution in [0.1, 0.15) is 163 Å². The molecular formula is C45H81NO3. The second-order valence-corrected chi connectivity index (χ2v) is 18.1. The van der Waals surface area contributed by atoms with Crippen LogP contribution in [0.5, 0.6) is 0 Å². The number of hydrogen-bond acceptors (Lipinski definition) is 4. The third kappa shape index (κ3) is 11.9. The van der Waals surface area contributed by atoms with E-state index in [4.69, 9.17) is 14.2 Å². The lowest BCUT2D eigenvalue weighted by Crippen LogP contribution is -2.50. The van der Waals surface area contributed by atoms with E-state index in [-0.39, 0.29) is 0 Å². The number of nitrogens with zero attached hydrogens (tertiary/aromatic N) is 1. The lowest BCUT2D eigenvalue weighted by Gasteiger charge is -2.58. The van der Waals surface area contributed by atoms with Crippen molar-refractivity contribution in [3.8, 4) is 0 Å². The van der Waals surface area contributed by atoms with Crippen molar-refractivity contribution < 1.29 is 14.2 Å². The van der Waals surface area contributed by atoms with Gasteiger partial charge in [-0.3, -0.25) is 0 Å². The second-order valence-electron chi connectivity index (χ2n) is 18.1. The molecule has 4 heteroatoms. The highest BCUT2D eigenvalue weighted by Gasteiger charge is 2.58. The number of allylic oxidation sites excluding steroid dienone is 3. The average Bonchev–Trinajstić information content (AvgIpc) is 3.41. The first-order valence-electron chi connectivity index (χ1n) is 21.5. The van der Waals surface area contributed by atoms with E-state index in [0.717, 1.165) is 88.3 Å². The number of hydrogen-bond donors (Lipinski definition) is 0. The van der Waals surface area contributed by atoms with Crippen molar-refractivity contribution in [1.29, 1.82) is 0 Å². The summed E-state index contributed by atoms with van der Waals surface area (Å²) < 4.78 is 18.6. The molecule has 0 N–H and O–H groups in total. The van der Waals surface area contributed by atoms with Crippen LogP contribution in [0.3, 0.4) is 0 Å². The summed E-state index contributed by atoms with van der Waals surface area (Å²) in [4.78, 5) is 2.24. The fourth-order valence-electron chi connectivity index (χ4n) is 10.7. The Morgan fingerprint density at radius 1 is 0.816 bits per heavy atom. The molecule has 0 aromatic heterocycles. The quantitative estimate of drug-likeness (QED) is 0.0748. The van der Waals surface area contributed by atoms with Crippen molar-refractivity contribution in [3.05, 3.63) is 23.8 Å². The molecule has 0 radical (unpaired) electrons. The maximum absolute atomic E-state index is 6.53. The van der Waals surface area contributed by atoms with E-state index < -0.39 is 0 Å². The lowest BCUT2D eigenvalue weighted by molar-refractivity contribution is -0.0593. The SMILES string of the molecule is CCCCC/C=C\CCCOCC(COCCCCOC1CCC2(C)C(=CCC3C2CCC2(C)C(CCCCC(C)C)CCC32)C1)N(C)C. The van der Waals surface area contributed by atoms with Gasteiger partial charge in [-0.05, 0) is 151 Å². The molecule has 0 amide bonds. The van der Waals surface area contributed by atoms with Crippen LogP contribution in [0.2, 0.25) is 0 Å². The van der Waals surface area contributed by atoms with Crippen LogP contribution in [0.25, 0.3) is 0 Å². The molecule has 8 atom stereocenters. The standard InChI is InChI=1S/C45H81NO3/c1-8-9-10-11-12-13-14-17-30-47-34-39(46(6)7)35-48-31-18-19-32-49-40-26-28-45(5)38(33-40)22-24-41-42-25-23-37(21-16-15-20-36(2)3)44(42,4)29-27-43(41)45/h12-13,22,36-37,39-43H,8-11,14-21,23-35H2,1-7H3/b13-12-. The van der Waals surface area contributed by atoms with Gasteiger partial charge in [0.15, 0.2) is 0 Å². The largest absolute Gasteiger partial charge is 0.380 e.